The Labute approximate surface area is 677 Å². The van der Waals surface area contributed by atoms with Gasteiger partial charge in [0.15, 0.2) is 23.3 Å². The molecule has 4 saturated heterocycles. The molecule has 0 spiro atoms. The number of benzene rings is 10. The number of aliphatic hydroxyl groups is 1. The number of fused-ring (bicyclic) bond motifs is 4. The fourth-order valence-electron chi connectivity index (χ4n) is 15.5. The molecule has 596 valence electrons. The number of nitrogens with zero attached hydrogens (tertiary/aromatic N) is 8. The van der Waals surface area contributed by atoms with Gasteiger partial charge in [-0.25, -0.2) is 39.9 Å². The number of aromatic hydroxyl groups is 4. The largest absolute Gasteiger partial charge is 0.507 e. The summed E-state index contributed by atoms with van der Waals surface area (Å²) in [7, 11) is 3.37. The van der Waals surface area contributed by atoms with Crippen LogP contribution in [0, 0.1) is 39.5 Å². The van der Waals surface area contributed by atoms with E-state index in [0.29, 0.717) is 70.4 Å². The van der Waals surface area contributed by atoms with Gasteiger partial charge in [-0.15, -0.1) is 0 Å². The number of aliphatic hydroxyl groups excluding tert-OH is 1. The Balaban J connectivity index is 0.000000123. The van der Waals surface area contributed by atoms with Crippen LogP contribution in [0.4, 0.5) is 23.3 Å². The van der Waals surface area contributed by atoms with Crippen molar-refractivity contribution in [3.63, 3.8) is 0 Å². The minimum Gasteiger partial charge on any atom is -0.507 e. The topological polar surface area (TPSA) is 356 Å². The maximum absolute atomic E-state index is 11.5. The van der Waals surface area contributed by atoms with Crippen molar-refractivity contribution in [2.45, 2.75) is 63.7 Å². The fraction of sp³-hybridized carbons (Fsp3) is 0.250. The number of phenolic OH excluding ortho intramolecular Hbond substituents is 4. The van der Waals surface area contributed by atoms with E-state index in [1.54, 1.807) is 38.5 Å². The summed E-state index contributed by atoms with van der Waals surface area (Å²) in [5, 5.41) is 91.6. The third-order valence-corrected chi connectivity index (χ3v) is 21.9. The second kappa shape index (κ2) is 35.7. The molecule has 117 heavy (non-hydrogen) atoms. The predicted molar refractivity (Wildman–Crippen MR) is 460 cm³/mol. The average Bonchev–Trinajstić information content (AvgIpc) is 1.50. The molecule has 14 aromatic rings. The number of rotatable bonds is 18. The molecule has 10 aromatic carbocycles. The third-order valence-electron chi connectivity index (χ3n) is 21.9. The summed E-state index contributed by atoms with van der Waals surface area (Å²) in [4.78, 5) is 49.3. The van der Waals surface area contributed by atoms with Crippen molar-refractivity contribution in [1.82, 2.24) is 61.1 Å². The molecule has 4 fully saturated rings. The Kier molecular flexibility index (Phi) is 24.1. The van der Waals surface area contributed by atoms with E-state index in [1.165, 1.54) is 11.1 Å². The Morgan fingerprint density at radius 3 is 1.09 bits per heavy atom. The summed E-state index contributed by atoms with van der Waals surface area (Å²) in [6.45, 7) is 13.9. The number of hydrogen-bond acceptors (Lipinski definition) is 24. The number of aryl methyl sites for hydroxylation is 4. The Morgan fingerprint density at radius 2 is 0.701 bits per heavy atom. The highest BCUT2D eigenvalue weighted by atomic mass is 16.5. The number of aliphatic carboxylic acids is 1. The van der Waals surface area contributed by atoms with E-state index in [0.717, 1.165) is 134 Å². The lowest BCUT2D eigenvalue weighted by atomic mass is 9.94. The molecule has 0 aliphatic carbocycles. The molecular formula is C92H94N16O9. The number of methoxy groups -OCH3 is 2. The van der Waals surface area contributed by atoms with Gasteiger partial charge in [-0.2, -0.15) is 0 Å². The summed E-state index contributed by atoms with van der Waals surface area (Å²) < 4.78 is 10.7. The summed E-state index contributed by atoms with van der Waals surface area (Å²) >= 11 is 0. The van der Waals surface area contributed by atoms with Crippen LogP contribution in [-0.2, 0) is 4.79 Å². The number of carboxylic acids is 1. The molecular weight excluding hydrogens is 1470 g/mol. The molecule has 18 rings (SSSR count). The number of anilines is 4. The molecule has 4 aliphatic heterocycles. The zero-order valence-electron chi connectivity index (χ0n) is 65.8. The lowest BCUT2D eigenvalue weighted by Crippen LogP contribution is -2.33. The van der Waals surface area contributed by atoms with Crippen LogP contribution in [0.5, 0.6) is 34.5 Å². The standard InChI is InChI=1S/2C26H26N4O2.C20H20N4O3.C20H22N4O2/c1-16-10-11-24(31)20(12-16)26-28-22-9-4-3-8-19(22)25(30-26)29-23-15-27-14-21(23)17-6-5-7-18(13-17)32-2;1-16-7-12-24(31)20(13-16)26-28-22-6-4-3-5-19(22)25(30-26)29-23-15-27-14-21(23)17-8-10-18(32-2)11-9-17;1-11-6-7-17(25)13(8-11)19-22-15-5-3-2-4-12(15)18(24-19)23-16-10-21-9-14(16)20(26)27;1-12-6-7-18(26)15(8-12)20-22-16-5-3-2-4-14(16)19(24-20)23-17-10-21-9-13(17)11-25/h2*3-13,21,23,27,31H,14-15H2,1-2H3,(H,28,29,30);2-8,14,16,21,25H,9-10H2,1H3,(H,26,27)(H,22,23,24);2-8,13,17,21,25-26H,9-11H2,1H3,(H,22,23,24)/t2*21-,23?;14-,16?;13-,17?/m0010/s1. The summed E-state index contributed by atoms with van der Waals surface area (Å²) in [6.07, 6.45) is 0. The molecule has 0 bridgehead atoms. The second-order valence-electron chi connectivity index (χ2n) is 30.0. The summed E-state index contributed by atoms with van der Waals surface area (Å²) in [5.74, 6) is 6.41. The number of nitrogens with one attached hydrogen (secondary N) is 8. The monoisotopic (exact) mass is 1570 g/mol. The summed E-state index contributed by atoms with van der Waals surface area (Å²) in [6, 6.07) is 69.6. The van der Waals surface area contributed by atoms with Gasteiger partial charge in [-0.3, -0.25) is 4.79 Å². The van der Waals surface area contributed by atoms with Crippen LogP contribution < -0.4 is 52.0 Å². The molecule has 25 heteroatoms. The Hall–Kier alpha value is -13.2. The van der Waals surface area contributed by atoms with Gasteiger partial charge >= 0.3 is 5.97 Å². The van der Waals surface area contributed by atoms with E-state index in [4.69, 9.17) is 34.4 Å². The van der Waals surface area contributed by atoms with Crippen LogP contribution in [0.3, 0.4) is 0 Å². The van der Waals surface area contributed by atoms with E-state index < -0.39 is 11.9 Å². The highest BCUT2D eigenvalue weighted by Gasteiger charge is 2.35. The molecule has 4 aromatic heterocycles. The van der Waals surface area contributed by atoms with Gasteiger partial charge in [0.2, 0.25) is 0 Å². The van der Waals surface area contributed by atoms with Crippen molar-refractivity contribution in [2.24, 2.45) is 11.8 Å². The van der Waals surface area contributed by atoms with Crippen molar-refractivity contribution in [3.8, 4) is 80.0 Å². The third kappa shape index (κ3) is 18.0. The molecule has 8 atom stereocenters. The quantitative estimate of drug-likeness (QED) is 0.0379. The molecule has 25 nitrogen and oxygen atoms in total. The first kappa shape index (κ1) is 79.1. The van der Waals surface area contributed by atoms with Gasteiger partial charge in [0.05, 0.1) is 70.5 Å². The molecule has 0 amide bonds. The first-order chi connectivity index (χ1) is 56.9. The molecule has 8 heterocycles. The molecule has 4 unspecified atom stereocenters. The number of phenols is 4. The first-order valence-electron chi connectivity index (χ1n) is 39.2. The van der Waals surface area contributed by atoms with Crippen molar-refractivity contribution in [2.75, 3.05) is 94.5 Å². The lowest BCUT2D eigenvalue weighted by Gasteiger charge is -2.22. The molecule has 0 radical (unpaired) electrons. The number of para-hydroxylation sites is 4. The molecule has 0 saturated carbocycles. The van der Waals surface area contributed by atoms with Gasteiger partial charge in [-0.1, -0.05) is 119 Å². The number of ether oxygens (including phenoxy) is 2. The molecule has 14 N–H and O–H groups in total. The fourth-order valence-corrected chi connectivity index (χ4v) is 15.5. The van der Waals surface area contributed by atoms with Crippen LogP contribution in [0.25, 0.3) is 89.2 Å². The minimum atomic E-state index is -0.840. The van der Waals surface area contributed by atoms with Gasteiger partial charge < -0.3 is 82.6 Å². The number of hydrogen-bond donors (Lipinski definition) is 14. The van der Waals surface area contributed by atoms with Crippen molar-refractivity contribution in [3.05, 3.63) is 252 Å². The lowest BCUT2D eigenvalue weighted by molar-refractivity contribution is -0.141. The van der Waals surface area contributed by atoms with Crippen molar-refractivity contribution >= 4 is 72.9 Å². The maximum atomic E-state index is 11.5. The van der Waals surface area contributed by atoms with E-state index in [9.17, 15) is 35.4 Å². The smallest absolute Gasteiger partial charge is 0.309 e. The normalized spacial score (nSPS) is 18.7. The van der Waals surface area contributed by atoms with E-state index in [2.05, 4.69) is 81.8 Å². The average molecular weight is 1570 g/mol. The predicted octanol–water partition coefficient (Wildman–Crippen LogP) is 13.7. The zero-order valence-corrected chi connectivity index (χ0v) is 65.8. The zero-order chi connectivity index (χ0) is 81.2. The van der Waals surface area contributed by atoms with Gasteiger partial charge in [0.25, 0.3) is 0 Å². The Bertz CT molecular complexity index is 5920. The maximum Gasteiger partial charge on any atom is 0.309 e. The van der Waals surface area contributed by atoms with Crippen molar-refractivity contribution < 1.29 is 44.9 Å². The Morgan fingerprint density at radius 1 is 0.359 bits per heavy atom. The van der Waals surface area contributed by atoms with Crippen molar-refractivity contribution in [1.29, 1.82) is 0 Å². The van der Waals surface area contributed by atoms with Crippen LogP contribution in [0.1, 0.15) is 45.2 Å². The van der Waals surface area contributed by atoms with E-state index in [-0.39, 0.29) is 65.6 Å². The van der Waals surface area contributed by atoms with Gasteiger partial charge in [0.1, 0.15) is 57.8 Å². The van der Waals surface area contributed by atoms with E-state index in [1.807, 2.05) is 198 Å². The highest BCUT2D eigenvalue weighted by molar-refractivity contribution is 5.95. The van der Waals surface area contributed by atoms with Crippen LogP contribution >= 0.6 is 0 Å². The molecule has 4 aliphatic rings. The van der Waals surface area contributed by atoms with Crippen LogP contribution in [0.2, 0.25) is 0 Å². The summed E-state index contributed by atoms with van der Waals surface area (Å²) in [5.41, 5.74) is 12.2. The van der Waals surface area contributed by atoms with E-state index >= 15 is 0 Å². The number of carbonyl (C=O) groups is 1. The highest BCUT2D eigenvalue weighted by Crippen LogP contribution is 2.39. The SMILES string of the molecule is COc1ccc([C@@H]2CNCC2Nc2nc(-c3cc(C)ccc3O)nc3ccccc23)cc1.COc1cccc([C@@H]2CNCC2Nc2nc(-c3cc(C)ccc3O)nc3ccccc23)c1.Cc1ccc(O)c(-c2nc(NC3CNC[C@H]3C(=O)O)c3ccccc3n2)c1.Cc1ccc(O)c(-c2nc(NC3CNC[C@H]3CO)c3ccccc3n2)c1. The first-order valence-corrected chi connectivity index (χ1v) is 39.2. The number of aromatic nitrogens is 8. The van der Waals surface area contributed by atoms with Gasteiger partial charge in [-0.05, 0) is 160 Å². The van der Waals surface area contributed by atoms with Crippen LogP contribution in [0.15, 0.2) is 218 Å². The number of carboxylic acid groups (broad SMARTS) is 1. The van der Waals surface area contributed by atoms with Gasteiger partial charge in [0, 0.05) is 116 Å². The van der Waals surface area contributed by atoms with Crippen LogP contribution in [-0.4, -0.2) is 174 Å². The minimum absolute atomic E-state index is 0.0947. The second-order valence-corrected chi connectivity index (χ2v) is 30.0.